The van der Waals surface area contributed by atoms with E-state index in [-0.39, 0.29) is 0 Å². The molecule has 1 aromatic heterocycles. The van der Waals surface area contributed by atoms with E-state index in [0.29, 0.717) is 30.1 Å². The Labute approximate surface area is 181 Å². The predicted molar refractivity (Wildman–Crippen MR) is 118 cm³/mol. The average Bonchev–Trinajstić information content (AvgIpc) is 2.82. The van der Waals surface area contributed by atoms with Gasteiger partial charge in [0.2, 0.25) is 0 Å². The molecule has 6 nitrogen and oxygen atoms in total. The highest BCUT2D eigenvalue weighted by Gasteiger charge is 2.23. The molecule has 0 bridgehead atoms. The molecule has 3 aromatic rings. The van der Waals surface area contributed by atoms with Gasteiger partial charge in [0, 0.05) is 36.9 Å². The first-order valence-corrected chi connectivity index (χ1v) is 10.2. The molecule has 0 saturated carbocycles. The molecule has 1 aliphatic rings. The Morgan fingerprint density at radius 2 is 2.10 bits per heavy atom. The average molecular weight is 413 g/mol. The van der Waals surface area contributed by atoms with E-state index >= 15 is 0 Å². The van der Waals surface area contributed by atoms with Crippen LogP contribution in [0.1, 0.15) is 45.8 Å². The molecule has 6 heteroatoms. The highest BCUT2D eigenvalue weighted by molar-refractivity contribution is 5.89. The summed E-state index contributed by atoms with van der Waals surface area (Å²) >= 11 is 0. The van der Waals surface area contributed by atoms with Gasteiger partial charge >= 0.3 is 5.97 Å². The number of hydrogen-bond donors (Lipinski definition) is 1. The van der Waals surface area contributed by atoms with Gasteiger partial charge in [0.15, 0.2) is 0 Å². The van der Waals surface area contributed by atoms with Crippen molar-refractivity contribution in [1.82, 2.24) is 4.98 Å². The molecule has 31 heavy (non-hydrogen) atoms. The van der Waals surface area contributed by atoms with Crippen LogP contribution >= 0.6 is 0 Å². The summed E-state index contributed by atoms with van der Waals surface area (Å²) in [7, 11) is 1.97. The summed E-state index contributed by atoms with van der Waals surface area (Å²) in [5, 5.41) is 18.6. The number of carboxylic acids is 1. The first-order valence-electron chi connectivity index (χ1n) is 10.2. The third kappa shape index (κ3) is 4.36. The van der Waals surface area contributed by atoms with Crippen molar-refractivity contribution >= 4 is 17.3 Å². The number of fused-ring (bicyclic) bond motifs is 1. The van der Waals surface area contributed by atoms with E-state index in [1.807, 2.05) is 36.2 Å². The molecule has 1 N–H and O–H groups in total. The number of aryl methyl sites for hydroxylation is 1. The molecule has 0 amide bonds. The minimum absolute atomic E-state index is 0.298. The second-order valence-corrected chi connectivity index (χ2v) is 7.65. The van der Waals surface area contributed by atoms with Gasteiger partial charge in [-0.2, -0.15) is 5.26 Å². The minimum atomic E-state index is -0.919. The molecule has 2 aromatic carbocycles. The lowest BCUT2D eigenvalue weighted by molar-refractivity contribution is 0.0695. The third-order valence-corrected chi connectivity index (χ3v) is 5.81. The summed E-state index contributed by atoms with van der Waals surface area (Å²) in [5.41, 5.74) is 4.76. The maximum absolute atomic E-state index is 11.5. The molecular weight excluding hydrogens is 390 g/mol. The second kappa shape index (κ2) is 8.88. The van der Waals surface area contributed by atoms with Crippen molar-refractivity contribution < 1.29 is 14.6 Å². The molecule has 0 radical (unpaired) electrons. The number of anilines is 2. The van der Waals surface area contributed by atoms with Crippen molar-refractivity contribution in [3.8, 4) is 11.8 Å². The quantitative estimate of drug-likeness (QED) is 0.617. The molecule has 0 saturated heterocycles. The third-order valence-electron chi connectivity index (χ3n) is 5.81. The fourth-order valence-corrected chi connectivity index (χ4v) is 4.06. The lowest BCUT2D eigenvalue weighted by Crippen LogP contribution is -2.17. The number of benzene rings is 2. The van der Waals surface area contributed by atoms with Crippen molar-refractivity contribution in [2.24, 2.45) is 0 Å². The van der Waals surface area contributed by atoms with Crippen molar-refractivity contribution in [2.45, 2.75) is 25.2 Å². The zero-order chi connectivity index (χ0) is 21.8. The van der Waals surface area contributed by atoms with E-state index < -0.39 is 5.97 Å². The Bertz CT molecular complexity index is 1150. The second-order valence-electron chi connectivity index (χ2n) is 7.65. The smallest absolute Gasteiger partial charge is 0.336 e. The summed E-state index contributed by atoms with van der Waals surface area (Å²) in [5.74, 6) is 0.242. The van der Waals surface area contributed by atoms with E-state index in [1.54, 1.807) is 18.3 Å². The van der Waals surface area contributed by atoms with Crippen LogP contribution in [-0.2, 0) is 6.42 Å². The first kappa shape index (κ1) is 20.4. The maximum atomic E-state index is 11.5. The molecule has 0 aliphatic carbocycles. The summed E-state index contributed by atoms with van der Waals surface area (Å²) in [4.78, 5) is 17.6. The summed E-state index contributed by atoms with van der Waals surface area (Å²) in [6, 6.07) is 17.4. The van der Waals surface area contributed by atoms with Crippen molar-refractivity contribution in [1.29, 1.82) is 5.26 Å². The zero-order valence-electron chi connectivity index (χ0n) is 17.3. The molecular formula is C25H23N3O3. The Morgan fingerprint density at radius 3 is 2.90 bits per heavy atom. The molecule has 0 spiro atoms. The summed E-state index contributed by atoms with van der Waals surface area (Å²) in [6.45, 7) is 0.633. The lowest BCUT2D eigenvalue weighted by atomic mass is 9.87. The van der Waals surface area contributed by atoms with Gasteiger partial charge in [-0.3, -0.25) is 4.98 Å². The Hall–Kier alpha value is -3.85. The number of aromatic nitrogens is 1. The van der Waals surface area contributed by atoms with Crippen molar-refractivity contribution in [3.05, 3.63) is 83.2 Å². The van der Waals surface area contributed by atoms with Crippen LogP contribution < -0.4 is 9.64 Å². The Morgan fingerprint density at radius 1 is 1.26 bits per heavy atom. The van der Waals surface area contributed by atoms with E-state index in [1.165, 1.54) is 6.20 Å². The molecule has 1 atom stereocenters. The number of hydrogen-bond acceptors (Lipinski definition) is 5. The Balaban J connectivity index is 1.53. The fraction of sp³-hybridized carbons (Fsp3) is 0.240. The van der Waals surface area contributed by atoms with Gasteiger partial charge in [0.25, 0.3) is 0 Å². The predicted octanol–water partition coefficient (Wildman–Crippen LogP) is 4.92. The molecule has 0 fully saturated rings. The summed E-state index contributed by atoms with van der Waals surface area (Å²) < 4.78 is 5.95. The minimum Gasteiger partial charge on any atom is -0.493 e. The van der Waals surface area contributed by atoms with E-state index in [0.717, 1.165) is 41.1 Å². The largest absolute Gasteiger partial charge is 0.493 e. The van der Waals surface area contributed by atoms with Gasteiger partial charge in [-0.05, 0) is 66.6 Å². The Kier molecular flexibility index (Phi) is 5.85. The van der Waals surface area contributed by atoms with E-state index in [9.17, 15) is 9.90 Å². The lowest BCUT2D eigenvalue weighted by Gasteiger charge is -2.28. The number of rotatable bonds is 6. The number of pyridine rings is 1. The van der Waals surface area contributed by atoms with Crippen LogP contribution in [0.25, 0.3) is 0 Å². The van der Waals surface area contributed by atoms with Gasteiger partial charge < -0.3 is 14.7 Å². The number of aromatic carboxylic acids is 1. The highest BCUT2D eigenvalue weighted by Crippen LogP contribution is 2.39. The van der Waals surface area contributed by atoms with E-state index in [2.05, 4.69) is 23.2 Å². The zero-order valence-corrected chi connectivity index (χ0v) is 17.3. The number of carboxylic acid groups (broad SMARTS) is 1. The molecule has 0 unspecified atom stereocenters. The van der Waals surface area contributed by atoms with Crippen LogP contribution in [-0.4, -0.2) is 29.7 Å². The van der Waals surface area contributed by atoms with Crippen LogP contribution in [0.15, 0.2) is 60.9 Å². The standard InChI is InChI=1S/C25H23N3O3/c1-28(20-4-2-3-17(13-20)15-26)21-7-8-22-18(10-12-31-24(22)14-21)5-6-19-16-27-11-9-23(19)25(29)30/h2-4,7-9,11,13-14,16,18H,5-6,10,12H2,1H3,(H,29,30)/t18-/m1/s1. The van der Waals surface area contributed by atoms with Gasteiger partial charge in [-0.15, -0.1) is 0 Å². The van der Waals surface area contributed by atoms with Crippen LogP contribution in [0.2, 0.25) is 0 Å². The highest BCUT2D eigenvalue weighted by atomic mass is 16.5. The monoisotopic (exact) mass is 413 g/mol. The fourth-order valence-electron chi connectivity index (χ4n) is 4.06. The number of ether oxygens (including phenoxy) is 1. The SMILES string of the molecule is CN(c1cccc(C#N)c1)c1ccc2c(c1)OCC[C@H]2CCc1cnccc1C(=O)O. The molecule has 1 aliphatic heterocycles. The normalized spacial score (nSPS) is 14.8. The van der Waals surface area contributed by atoms with E-state index in [4.69, 9.17) is 10.00 Å². The number of nitrogens with zero attached hydrogens (tertiary/aromatic N) is 3. The number of carbonyl (C=O) groups is 1. The molecule has 4 rings (SSSR count). The van der Waals surface area contributed by atoms with Crippen molar-refractivity contribution in [3.63, 3.8) is 0 Å². The van der Waals surface area contributed by atoms with Gasteiger partial charge in [0.1, 0.15) is 5.75 Å². The van der Waals surface area contributed by atoms with Gasteiger partial charge in [-0.25, -0.2) is 4.79 Å². The number of nitriles is 1. The van der Waals surface area contributed by atoms with Gasteiger partial charge in [0.05, 0.1) is 23.8 Å². The van der Waals surface area contributed by atoms with Crippen molar-refractivity contribution in [2.75, 3.05) is 18.6 Å². The molecule has 2 heterocycles. The van der Waals surface area contributed by atoms with Crippen LogP contribution in [0.3, 0.4) is 0 Å². The topological polar surface area (TPSA) is 86.5 Å². The molecule has 156 valence electrons. The van der Waals surface area contributed by atoms with Crippen LogP contribution in [0.5, 0.6) is 5.75 Å². The first-order chi connectivity index (χ1) is 15.1. The maximum Gasteiger partial charge on any atom is 0.336 e. The van der Waals surface area contributed by atoms with Crippen LogP contribution in [0, 0.1) is 11.3 Å². The van der Waals surface area contributed by atoms with Gasteiger partial charge in [-0.1, -0.05) is 12.1 Å². The summed E-state index contributed by atoms with van der Waals surface area (Å²) in [6.07, 6.45) is 5.55. The van der Waals surface area contributed by atoms with Crippen LogP contribution in [0.4, 0.5) is 11.4 Å².